The van der Waals surface area contributed by atoms with Gasteiger partial charge in [-0.25, -0.2) is 0 Å². The van der Waals surface area contributed by atoms with E-state index in [-0.39, 0.29) is 0 Å². The molecule has 0 fully saturated rings. The Morgan fingerprint density at radius 1 is 1.38 bits per heavy atom. The Bertz CT molecular complexity index is 206. The fourth-order valence-electron chi connectivity index (χ4n) is 0.373. The summed E-state index contributed by atoms with van der Waals surface area (Å²) in [6.45, 7) is -0.669. The summed E-state index contributed by atoms with van der Waals surface area (Å²) < 4.78 is 34.4. The van der Waals surface area contributed by atoms with E-state index in [2.05, 4.69) is 0 Å². The van der Waals surface area contributed by atoms with E-state index in [0.29, 0.717) is 0 Å². The number of amides is 1. The molecule has 0 rings (SSSR count). The van der Waals surface area contributed by atoms with Crippen LogP contribution in [0, 0.1) is 0 Å². The predicted molar refractivity (Wildman–Crippen MR) is 39.2 cm³/mol. The van der Waals surface area contributed by atoms with Crippen LogP contribution in [0.5, 0.6) is 0 Å². The summed E-state index contributed by atoms with van der Waals surface area (Å²) in [7, 11) is 0. The first kappa shape index (κ1) is 12.1. The number of nitrogens with one attached hydrogen (secondary N) is 1. The van der Waals surface area contributed by atoms with Gasteiger partial charge >= 0.3 is 11.5 Å². The van der Waals surface area contributed by atoms with Gasteiger partial charge in [-0.15, -0.1) is 0 Å². The minimum Gasteiger partial charge on any atom is -0.480 e. The van der Waals surface area contributed by atoms with Crippen molar-refractivity contribution < 1.29 is 27.9 Å². The van der Waals surface area contributed by atoms with Crippen molar-refractivity contribution in [2.45, 2.75) is 5.51 Å². The number of thioether (sulfide) groups is 1. The summed E-state index contributed by atoms with van der Waals surface area (Å²) in [5.41, 5.74) is -4.47. The fraction of sp³-hybridized carbons (Fsp3) is 0.600. The molecule has 13 heavy (non-hydrogen) atoms. The summed E-state index contributed by atoms with van der Waals surface area (Å²) >= 11 is -0.512. The molecule has 0 aliphatic heterocycles. The second-order valence-corrected chi connectivity index (χ2v) is 2.95. The SMILES string of the molecule is O=C(O)CNC(=O)CSC(F)(F)F. The third-order valence-corrected chi connectivity index (χ3v) is 1.54. The first-order valence-electron chi connectivity index (χ1n) is 3.00. The molecule has 0 radical (unpaired) electrons. The minimum absolute atomic E-state index is 0.512. The molecule has 0 aromatic carbocycles. The monoisotopic (exact) mass is 217 g/mol. The molecule has 0 aromatic heterocycles. The maximum atomic E-state index is 11.5. The molecule has 0 aliphatic carbocycles. The first-order chi connectivity index (χ1) is 5.81. The minimum atomic E-state index is -4.47. The molecule has 4 nitrogen and oxygen atoms in total. The maximum Gasteiger partial charge on any atom is 0.442 e. The molecular weight excluding hydrogens is 211 g/mol. The van der Waals surface area contributed by atoms with E-state index < -0.39 is 41.4 Å². The Kier molecular flexibility index (Phi) is 4.60. The van der Waals surface area contributed by atoms with Gasteiger partial charge in [-0.1, -0.05) is 0 Å². The number of carboxylic acids is 1. The van der Waals surface area contributed by atoms with Crippen molar-refractivity contribution in [1.82, 2.24) is 5.32 Å². The van der Waals surface area contributed by atoms with Crippen LogP contribution in [-0.2, 0) is 9.59 Å². The highest BCUT2D eigenvalue weighted by molar-refractivity contribution is 8.00. The number of alkyl halides is 3. The molecule has 0 saturated heterocycles. The lowest BCUT2D eigenvalue weighted by Crippen LogP contribution is -2.31. The Hall–Kier alpha value is -0.920. The van der Waals surface area contributed by atoms with Crippen LogP contribution in [0.3, 0.4) is 0 Å². The van der Waals surface area contributed by atoms with Crippen LogP contribution in [-0.4, -0.2) is 34.8 Å². The van der Waals surface area contributed by atoms with Crippen molar-refractivity contribution in [3.63, 3.8) is 0 Å². The fourth-order valence-corrected chi connectivity index (χ4v) is 0.769. The van der Waals surface area contributed by atoms with Crippen LogP contribution in [0.1, 0.15) is 0 Å². The van der Waals surface area contributed by atoms with E-state index in [1.807, 2.05) is 0 Å². The molecule has 1 amide bonds. The van der Waals surface area contributed by atoms with E-state index >= 15 is 0 Å². The van der Waals surface area contributed by atoms with Crippen molar-refractivity contribution in [3.05, 3.63) is 0 Å². The van der Waals surface area contributed by atoms with Gasteiger partial charge in [-0.3, -0.25) is 9.59 Å². The van der Waals surface area contributed by atoms with Crippen molar-refractivity contribution in [1.29, 1.82) is 0 Å². The lowest BCUT2D eigenvalue weighted by molar-refractivity contribution is -0.137. The van der Waals surface area contributed by atoms with Gasteiger partial charge in [-0.2, -0.15) is 13.2 Å². The number of halogens is 3. The molecule has 0 unspecified atom stereocenters. The molecule has 0 aliphatic rings. The second kappa shape index (κ2) is 4.95. The van der Waals surface area contributed by atoms with Crippen molar-refractivity contribution >= 4 is 23.6 Å². The zero-order valence-electron chi connectivity index (χ0n) is 6.22. The average Bonchev–Trinajstić information content (AvgIpc) is 1.95. The first-order valence-corrected chi connectivity index (χ1v) is 3.99. The van der Waals surface area contributed by atoms with E-state index in [0.717, 1.165) is 0 Å². The molecule has 0 bridgehead atoms. The Labute approximate surface area is 75.5 Å². The number of hydrogen-bond donors (Lipinski definition) is 2. The highest BCUT2D eigenvalue weighted by atomic mass is 32.2. The van der Waals surface area contributed by atoms with Crippen LogP contribution < -0.4 is 5.32 Å². The quantitative estimate of drug-likeness (QED) is 0.717. The van der Waals surface area contributed by atoms with E-state index in [4.69, 9.17) is 5.11 Å². The van der Waals surface area contributed by atoms with E-state index in [1.54, 1.807) is 5.32 Å². The van der Waals surface area contributed by atoms with Crippen LogP contribution in [0.4, 0.5) is 13.2 Å². The third kappa shape index (κ3) is 8.99. The smallest absolute Gasteiger partial charge is 0.442 e. The number of carbonyl (C=O) groups is 2. The summed E-state index contributed by atoms with van der Waals surface area (Å²) in [5.74, 6) is -3.08. The van der Waals surface area contributed by atoms with Crippen LogP contribution in [0.2, 0.25) is 0 Å². The van der Waals surface area contributed by atoms with Gasteiger partial charge in [0.1, 0.15) is 6.54 Å². The normalized spacial score (nSPS) is 11.0. The molecule has 2 N–H and O–H groups in total. The number of carbonyl (C=O) groups excluding carboxylic acids is 1. The largest absolute Gasteiger partial charge is 0.480 e. The summed E-state index contributed by atoms with van der Waals surface area (Å²) in [4.78, 5) is 20.4. The Morgan fingerprint density at radius 3 is 2.31 bits per heavy atom. The van der Waals surface area contributed by atoms with Gasteiger partial charge in [0, 0.05) is 0 Å². The number of rotatable bonds is 4. The molecule has 0 spiro atoms. The maximum absolute atomic E-state index is 11.5. The lowest BCUT2D eigenvalue weighted by atomic mass is 10.6. The molecule has 0 aromatic rings. The number of hydrogen-bond acceptors (Lipinski definition) is 3. The van der Waals surface area contributed by atoms with Gasteiger partial charge in [0.15, 0.2) is 0 Å². The second-order valence-electron chi connectivity index (χ2n) is 1.90. The van der Waals surface area contributed by atoms with E-state index in [9.17, 15) is 22.8 Å². The molecule has 76 valence electrons. The standard InChI is InChI=1S/C5H6F3NO3S/c6-5(7,8)13-2-3(10)9-1-4(11)12/h1-2H2,(H,9,10)(H,11,12). The van der Waals surface area contributed by atoms with Gasteiger partial charge in [0.2, 0.25) is 5.91 Å². The van der Waals surface area contributed by atoms with E-state index in [1.165, 1.54) is 0 Å². The topological polar surface area (TPSA) is 66.4 Å². The average molecular weight is 217 g/mol. The zero-order chi connectivity index (χ0) is 10.5. The van der Waals surface area contributed by atoms with Crippen molar-refractivity contribution in [2.75, 3.05) is 12.3 Å². The molecule has 0 saturated carbocycles. The molecule has 8 heteroatoms. The Balaban J connectivity index is 3.58. The van der Waals surface area contributed by atoms with Crippen LogP contribution >= 0.6 is 11.8 Å². The summed E-state index contributed by atoms with van der Waals surface area (Å²) in [6, 6.07) is 0. The summed E-state index contributed by atoms with van der Waals surface area (Å²) in [5, 5.41) is 9.84. The predicted octanol–water partition coefficient (Wildman–Crippen LogP) is 0.440. The van der Waals surface area contributed by atoms with Crippen molar-refractivity contribution in [2.24, 2.45) is 0 Å². The number of carboxylic acid groups (broad SMARTS) is 1. The van der Waals surface area contributed by atoms with Gasteiger partial charge < -0.3 is 10.4 Å². The number of aliphatic carboxylic acids is 1. The highest BCUT2D eigenvalue weighted by Crippen LogP contribution is 2.29. The summed E-state index contributed by atoms with van der Waals surface area (Å²) in [6.07, 6.45) is 0. The molecule has 0 atom stereocenters. The molecular formula is C5H6F3NO3S. The van der Waals surface area contributed by atoms with Gasteiger partial charge in [0.25, 0.3) is 0 Å². The highest BCUT2D eigenvalue weighted by Gasteiger charge is 2.29. The van der Waals surface area contributed by atoms with Gasteiger partial charge in [0.05, 0.1) is 5.75 Å². The van der Waals surface area contributed by atoms with Crippen LogP contribution in [0.25, 0.3) is 0 Å². The van der Waals surface area contributed by atoms with Gasteiger partial charge in [-0.05, 0) is 11.8 Å². The lowest BCUT2D eigenvalue weighted by Gasteiger charge is -2.04. The Morgan fingerprint density at radius 2 is 1.92 bits per heavy atom. The van der Waals surface area contributed by atoms with Crippen molar-refractivity contribution in [3.8, 4) is 0 Å². The zero-order valence-corrected chi connectivity index (χ0v) is 7.04. The van der Waals surface area contributed by atoms with Crippen LogP contribution in [0.15, 0.2) is 0 Å². The molecule has 0 heterocycles. The third-order valence-electron chi connectivity index (χ3n) is 0.804.